The van der Waals surface area contributed by atoms with E-state index in [9.17, 15) is 0 Å². The summed E-state index contributed by atoms with van der Waals surface area (Å²) in [4.78, 5) is 2.43. The summed E-state index contributed by atoms with van der Waals surface area (Å²) in [6.07, 6.45) is 0. The predicted octanol–water partition coefficient (Wildman–Crippen LogP) is 15.8. The first-order valence-corrected chi connectivity index (χ1v) is 19.6. The monoisotopic (exact) mass is 725 g/mol. The smallest absolute Gasteiger partial charge is 0.0540 e. The van der Waals surface area contributed by atoms with Crippen molar-refractivity contribution in [1.29, 1.82) is 0 Å². The van der Waals surface area contributed by atoms with Gasteiger partial charge in [-0.3, -0.25) is 0 Å². The molecule has 1 heteroatoms. The fraction of sp³-hybridized carbons (Fsp3) is 0. The number of nitrogens with zero attached hydrogens (tertiary/aromatic N) is 1. The molecule has 0 aromatic heterocycles. The number of fused-ring (bicyclic) bond motifs is 2. The Morgan fingerprint density at radius 1 is 0.211 bits per heavy atom. The van der Waals surface area contributed by atoms with Crippen molar-refractivity contribution >= 4 is 38.6 Å². The first kappa shape index (κ1) is 34.0. The highest BCUT2D eigenvalue weighted by molar-refractivity contribution is 5.99. The van der Waals surface area contributed by atoms with Crippen molar-refractivity contribution < 1.29 is 0 Å². The van der Waals surface area contributed by atoms with Crippen LogP contribution < -0.4 is 4.90 Å². The van der Waals surface area contributed by atoms with E-state index in [2.05, 4.69) is 241 Å². The molecule has 268 valence electrons. The van der Waals surface area contributed by atoms with Crippen molar-refractivity contribution in [3.63, 3.8) is 0 Å². The molecule has 0 bridgehead atoms. The summed E-state index contributed by atoms with van der Waals surface area (Å²) in [7, 11) is 0. The molecule has 0 heterocycles. The predicted molar refractivity (Wildman–Crippen MR) is 243 cm³/mol. The number of para-hydroxylation sites is 1. The lowest BCUT2D eigenvalue weighted by Gasteiger charge is -2.29. The van der Waals surface area contributed by atoms with E-state index in [0.29, 0.717) is 0 Å². The molecule has 0 fully saturated rings. The van der Waals surface area contributed by atoms with Gasteiger partial charge >= 0.3 is 0 Å². The van der Waals surface area contributed by atoms with Gasteiger partial charge in [-0.1, -0.05) is 194 Å². The van der Waals surface area contributed by atoms with E-state index in [-0.39, 0.29) is 0 Å². The van der Waals surface area contributed by atoms with E-state index in [4.69, 9.17) is 0 Å². The van der Waals surface area contributed by atoms with Gasteiger partial charge in [0.05, 0.1) is 5.69 Å². The van der Waals surface area contributed by atoms with Crippen LogP contribution in [-0.2, 0) is 0 Å². The highest BCUT2D eigenvalue weighted by atomic mass is 15.1. The number of hydrogen-bond donors (Lipinski definition) is 0. The fourth-order valence-corrected chi connectivity index (χ4v) is 8.23. The summed E-state index contributed by atoms with van der Waals surface area (Å²) in [5, 5.41) is 4.90. The van der Waals surface area contributed by atoms with Gasteiger partial charge in [-0.15, -0.1) is 0 Å². The maximum Gasteiger partial charge on any atom is 0.0540 e. The standard InChI is InChI=1S/C56H39N/c1-3-16-40(17-4-1)48-33-35-53(55(39-48)43-20-5-2-6-21-43)51-26-11-12-27-52(51)54-28-13-14-29-56(54)57(50-34-32-42-19-8-10-23-45(42)37-50)49-25-15-24-46(38-49)47-31-30-41-18-7-9-22-44(41)36-47/h1-39H. The van der Waals surface area contributed by atoms with Crippen molar-refractivity contribution in [3.05, 3.63) is 237 Å². The largest absolute Gasteiger partial charge is 0.310 e. The van der Waals surface area contributed by atoms with Crippen LogP contribution >= 0.6 is 0 Å². The molecule has 10 rings (SSSR count). The van der Waals surface area contributed by atoms with Crippen molar-refractivity contribution in [2.75, 3.05) is 4.90 Å². The Kier molecular flexibility index (Phi) is 8.95. The highest BCUT2D eigenvalue weighted by Gasteiger charge is 2.21. The zero-order chi connectivity index (χ0) is 38.0. The van der Waals surface area contributed by atoms with Gasteiger partial charge in [0.1, 0.15) is 0 Å². The van der Waals surface area contributed by atoms with Crippen molar-refractivity contribution in [1.82, 2.24) is 0 Å². The van der Waals surface area contributed by atoms with Gasteiger partial charge in [0.15, 0.2) is 0 Å². The third kappa shape index (κ3) is 6.66. The molecule has 0 radical (unpaired) electrons. The average Bonchev–Trinajstić information content (AvgIpc) is 3.29. The Morgan fingerprint density at radius 2 is 0.684 bits per heavy atom. The van der Waals surface area contributed by atoms with E-state index in [1.807, 2.05) is 0 Å². The minimum absolute atomic E-state index is 1.10. The van der Waals surface area contributed by atoms with Crippen LogP contribution in [0.1, 0.15) is 0 Å². The third-order valence-corrected chi connectivity index (χ3v) is 11.0. The van der Waals surface area contributed by atoms with Crippen LogP contribution in [-0.4, -0.2) is 0 Å². The lowest BCUT2D eigenvalue weighted by Crippen LogP contribution is -2.11. The van der Waals surface area contributed by atoms with Crippen LogP contribution in [0.3, 0.4) is 0 Å². The van der Waals surface area contributed by atoms with Gasteiger partial charge in [0.2, 0.25) is 0 Å². The Labute approximate surface area is 334 Å². The second kappa shape index (κ2) is 15.0. The topological polar surface area (TPSA) is 3.24 Å². The van der Waals surface area contributed by atoms with Crippen LogP contribution in [0.5, 0.6) is 0 Å². The van der Waals surface area contributed by atoms with Gasteiger partial charge in [-0.05, 0) is 114 Å². The zero-order valence-electron chi connectivity index (χ0n) is 31.5. The molecule has 0 saturated heterocycles. The fourth-order valence-electron chi connectivity index (χ4n) is 8.23. The number of benzene rings is 10. The van der Waals surface area contributed by atoms with Crippen LogP contribution in [0.2, 0.25) is 0 Å². The summed E-state index contributed by atoms with van der Waals surface area (Å²) in [5.41, 5.74) is 15.2. The molecule has 1 nitrogen and oxygen atoms in total. The van der Waals surface area contributed by atoms with Crippen LogP contribution in [0.4, 0.5) is 17.1 Å². The summed E-state index contributed by atoms with van der Waals surface area (Å²) >= 11 is 0. The summed E-state index contributed by atoms with van der Waals surface area (Å²) in [6, 6.07) is 85.8. The van der Waals surface area contributed by atoms with E-state index in [1.165, 1.54) is 71.6 Å². The Morgan fingerprint density at radius 3 is 1.42 bits per heavy atom. The first-order chi connectivity index (χ1) is 28.3. The number of rotatable bonds is 8. The lowest BCUT2D eigenvalue weighted by molar-refractivity contribution is 1.29. The van der Waals surface area contributed by atoms with E-state index >= 15 is 0 Å². The van der Waals surface area contributed by atoms with Crippen LogP contribution in [0.15, 0.2) is 237 Å². The van der Waals surface area contributed by atoms with Crippen LogP contribution in [0.25, 0.3) is 77.2 Å². The molecule has 0 N–H and O–H groups in total. The molecule has 0 unspecified atom stereocenters. The van der Waals surface area contributed by atoms with E-state index in [0.717, 1.165) is 22.6 Å². The molecule has 0 amide bonds. The van der Waals surface area contributed by atoms with E-state index in [1.54, 1.807) is 0 Å². The highest BCUT2D eigenvalue weighted by Crippen LogP contribution is 2.46. The quantitative estimate of drug-likeness (QED) is 0.151. The molecule has 0 saturated carbocycles. The van der Waals surface area contributed by atoms with Gasteiger partial charge in [-0.25, -0.2) is 0 Å². The van der Waals surface area contributed by atoms with Gasteiger partial charge in [0, 0.05) is 16.9 Å². The molecule has 10 aromatic carbocycles. The molecule has 0 atom stereocenters. The van der Waals surface area contributed by atoms with Crippen molar-refractivity contribution in [2.45, 2.75) is 0 Å². The molecule has 0 spiro atoms. The molecule has 57 heavy (non-hydrogen) atoms. The second-order valence-electron chi connectivity index (χ2n) is 14.5. The SMILES string of the molecule is c1ccc(-c2ccc(-c3ccccc3-c3ccccc3N(c3cccc(-c4ccc5ccccc5c4)c3)c3ccc4ccccc4c3)c(-c3ccccc3)c2)cc1. The number of hydrogen-bond acceptors (Lipinski definition) is 1. The molecular weight excluding hydrogens is 687 g/mol. The first-order valence-electron chi connectivity index (χ1n) is 19.6. The average molecular weight is 726 g/mol. The Hall–Kier alpha value is -7.48. The summed E-state index contributed by atoms with van der Waals surface area (Å²) in [6.45, 7) is 0. The Bertz CT molecular complexity index is 3020. The van der Waals surface area contributed by atoms with Crippen molar-refractivity contribution in [2.24, 2.45) is 0 Å². The van der Waals surface area contributed by atoms with E-state index < -0.39 is 0 Å². The lowest BCUT2D eigenvalue weighted by atomic mass is 9.87. The van der Waals surface area contributed by atoms with Gasteiger partial charge < -0.3 is 4.90 Å². The molecule has 0 aliphatic carbocycles. The second-order valence-corrected chi connectivity index (χ2v) is 14.5. The third-order valence-electron chi connectivity index (χ3n) is 11.0. The summed E-state index contributed by atoms with van der Waals surface area (Å²) in [5.74, 6) is 0. The van der Waals surface area contributed by atoms with Crippen LogP contribution in [0, 0.1) is 0 Å². The van der Waals surface area contributed by atoms with Gasteiger partial charge in [-0.2, -0.15) is 0 Å². The molecule has 10 aromatic rings. The van der Waals surface area contributed by atoms with Crippen molar-refractivity contribution in [3.8, 4) is 55.6 Å². The minimum atomic E-state index is 1.10. The molecule has 0 aliphatic rings. The summed E-state index contributed by atoms with van der Waals surface area (Å²) < 4.78 is 0. The maximum atomic E-state index is 2.43. The minimum Gasteiger partial charge on any atom is -0.310 e. The number of anilines is 3. The molecule has 0 aliphatic heterocycles. The molecular formula is C56H39N. The normalized spacial score (nSPS) is 11.2. The Balaban J connectivity index is 1.17. The van der Waals surface area contributed by atoms with Gasteiger partial charge in [0.25, 0.3) is 0 Å². The zero-order valence-corrected chi connectivity index (χ0v) is 31.5. The maximum absolute atomic E-state index is 2.43.